The zero-order valence-electron chi connectivity index (χ0n) is 22.8. The molecular weight excluding hydrogens is 664 g/mol. The normalized spacial score (nSPS) is 14.6. The molecule has 0 unspecified atom stereocenters. The van der Waals surface area contributed by atoms with E-state index >= 15 is 0 Å². The molecule has 3 aromatic rings. The molecule has 1 aliphatic rings. The third-order valence-corrected chi connectivity index (χ3v) is 7.00. The summed E-state index contributed by atoms with van der Waals surface area (Å²) < 4.78 is 114. The van der Waals surface area contributed by atoms with E-state index in [0.29, 0.717) is 23.9 Å². The first-order valence-corrected chi connectivity index (χ1v) is 12.9. The van der Waals surface area contributed by atoms with Gasteiger partial charge in [-0.05, 0) is 30.5 Å². The fourth-order valence-corrected chi connectivity index (χ4v) is 4.45. The molecule has 1 aromatic carbocycles. The molecule has 0 bridgehead atoms. The molecular formula is C26H17ClF8N6O5. The number of nitriles is 1. The highest BCUT2D eigenvalue weighted by Crippen LogP contribution is 2.49. The Morgan fingerprint density at radius 1 is 1.13 bits per heavy atom. The second-order valence-corrected chi connectivity index (χ2v) is 10.2. The number of ether oxygens (including phenoxy) is 1. The second kappa shape index (κ2) is 11.7. The van der Waals surface area contributed by atoms with Gasteiger partial charge in [0.25, 0.3) is 5.91 Å². The van der Waals surface area contributed by atoms with Crippen LogP contribution in [0.5, 0.6) is 0 Å². The van der Waals surface area contributed by atoms with E-state index < -0.39 is 65.5 Å². The summed E-state index contributed by atoms with van der Waals surface area (Å²) in [4.78, 5) is 36.9. The molecule has 0 spiro atoms. The van der Waals surface area contributed by atoms with Crippen molar-refractivity contribution >= 4 is 29.4 Å². The van der Waals surface area contributed by atoms with Crippen LogP contribution in [0.4, 0.5) is 35.1 Å². The van der Waals surface area contributed by atoms with Crippen LogP contribution in [0.15, 0.2) is 42.7 Å². The van der Waals surface area contributed by atoms with Gasteiger partial charge in [0.1, 0.15) is 11.1 Å². The quantitative estimate of drug-likeness (QED) is 0.140. The van der Waals surface area contributed by atoms with E-state index in [9.17, 15) is 54.8 Å². The average molecular weight is 681 g/mol. The number of benzene rings is 1. The fraction of sp³-hybridized carbons (Fsp3) is 0.308. The van der Waals surface area contributed by atoms with Crippen LogP contribution in [0.1, 0.15) is 34.5 Å². The Morgan fingerprint density at radius 2 is 1.78 bits per heavy atom. The fourth-order valence-electron chi connectivity index (χ4n) is 4.25. The average Bonchev–Trinajstić information content (AvgIpc) is 3.42. The van der Waals surface area contributed by atoms with Crippen LogP contribution < -0.4 is 0 Å². The van der Waals surface area contributed by atoms with Gasteiger partial charge in [0.05, 0.1) is 22.9 Å². The van der Waals surface area contributed by atoms with Crippen LogP contribution in [-0.2, 0) is 33.5 Å². The largest absolute Gasteiger partial charge is 0.478 e. The Morgan fingerprint density at radius 3 is 2.33 bits per heavy atom. The standard InChI is InChI=1S/C26H17ClF8N6O5/c1-39-21(19(25(30,31)32)20(38-39)24(28,29)26(33,34)35)41-10-14(9-37-41)13-2-3-16(27)15(8-13)22(45)40(23(11-36)6-7-23)12-46-18(44)5-4-17(42)43/h2-5,8-10H,6-7,12H2,1H3,(H,42,43)/b5-4+. The Hall–Kier alpha value is -4.99. The van der Waals surface area contributed by atoms with Crippen LogP contribution in [0, 0.1) is 11.3 Å². The van der Waals surface area contributed by atoms with Crippen LogP contribution in [-0.4, -0.2) is 65.9 Å². The highest BCUT2D eigenvalue weighted by molar-refractivity contribution is 6.34. The van der Waals surface area contributed by atoms with Gasteiger partial charge in [0.15, 0.2) is 18.2 Å². The number of aryl methyl sites for hydroxylation is 1. The molecule has 1 N–H and O–H groups in total. The Bertz CT molecular complexity index is 1790. The molecule has 0 saturated heterocycles. The van der Waals surface area contributed by atoms with Crippen LogP contribution in [0.25, 0.3) is 16.9 Å². The molecule has 2 heterocycles. The maximum absolute atomic E-state index is 14.1. The number of carboxylic acids is 1. The van der Waals surface area contributed by atoms with Gasteiger partial charge in [-0.15, -0.1) is 0 Å². The minimum Gasteiger partial charge on any atom is -0.478 e. The minimum atomic E-state index is -6.40. The first-order valence-electron chi connectivity index (χ1n) is 12.5. The maximum Gasteiger partial charge on any atom is 0.459 e. The summed E-state index contributed by atoms with van der Waals surface area (Å²) in [6.07, 6.45) is -8.92. The molecule has 46 heavy (non-hydrogen) atoms. The van der Waals surface area contributed by atoms with Crippen molar-refractivity contribution in [3.8, 4) is 23.0 Å². The van der Waals surface area contributed by atoms with E-state index in [0.717, 1.165) is 23.4 Å². The number of hydrogen-bond acceptors (Lipinski definition) is 7. The van der Waals surface area contributed by atoms with Crippen molar-refractivity contribution in [1.29, 1.82) is 5.26 Å². The monoisotopic (exact) mass is 680 g/mol. The van der Waals surface area contributed by atoms with Crippen molar-refractivity contribution in [2.45, 2.75) is 36.7 Å². The van der Waals surface area contributed by atoms with Gasteiger partial charge in [-0.1, -0.05) is 17.7 Å². The predicted molar refractivity (Wildman–Crippen MR) is 137 cm³/mol. The Kier molecular flexibility index (Phi) is 8.65. The summed E-state index contributed by atoms with van der Waals surface area (Å²) in [5.74, 6) is -10.8. The molecule has 244 valence electrons. The van der Waals surface area contributed by atoms with E-state index in [-0.39, 0.29) is 39.2 Å². The lowest BCUT2D eigenvalue weighted by Crippen LogP contribution is -2.43. The summed E-state index contributed by atoms with van der Waals surface area (Å²) in [5.41, 5.74) is -6.64. The van der Waals surface area contributed by atoms with E-state index in [1.165, 1.54) is 12.1 Å². The van der Waals surface area contributed by atoms with Crippen LogP contribution in [0.3, 0.4) is 0 Å². The number of carbonyl (C=O) groups excluding carboxylic acids is 2. The summed E-state index contributed by atoms with van der Waals surface area (Å²) >= 11 is 6.22. The second-order valence-electron chi connectivity index (χ2n) is 9.75. The maximum atomic E-state index is 14.1. The number of esters is 1. The molecule has 20 heteroatoms. The Balaban J connectivity index is 1.72. The van der Waals surface area contributed by atoms with Crippen molar-refractivity contribution in [1.82, 2.24) is 24.5 Å². The van der Waals surface area contributed by atoms with Crippen molar-refractivity contribution in [2.24, 2.45) is 7.05 Å². The lowest BCUT2D eigenvalue weighted by molar-refractivity contribution is -0.292. The molecule has 0 aliphatic heterocycles. The van der Waals surface area contributed by atoms with Crippen LogP contribution >= 0.6 is 11.6 Å². The van der Waals surface area contributed by atoms with Gasteiger partial charge in [0.2, 0.25) is 0 Å². The van der Waals surface area contributed by atoms with Gasteiger partial charge >= 0.3 is 30.2 Å². The number of carbonyl (C=O) groups is 3. The molecule has 2 aromatic heterocycles. The lowest BCUT2D eigenvalue weighted by Gasteiger charge is -2.27. The van der Waals surface area contributed by atoms with Gasteiger partial charge in [-0.3, -0.25) is 9.69 Å². The summed E-state index contributed by atoms with van der Waals surface area (Å²) in [5, 5.41) is 24.6. The number of aromatic nitrogens is 4. The van der Waals surface area contributed by atoms with Crippen molar-refractivity contribution in [2.75, 3.05) is 6.73 Å². The van der Waals surface area contributed by atoms with Gasteiger partial charge in [-0.2, -0.15) is 50.6 Å². The van der Waals surface area contributed by atoms with Crippen molar-refractivity contribution in [3.05, 3.63) is 64.6 Å². The van der Waals surface area contributed by atoms with Gasteiger partial charge in [-0.25, -0.2) is 19.0 Å². The van der Waals surface area contributed by atoms with Crippen molar-refractivity contribution in [3.63, 3.8) is 0 Å². The first-order chi connectivity index (χ1) is 21.2. The SMILES string of the molecule is Cn1nc(C(F)(F)C(F)(F)F)c(C(F)(F)F)c1-n1cc(-c2ccc(Cl)c(C(=O)N(COC(=O)/C=C/C(=O)O)C3(C#N)CC3)c2)cn1. The van der Waals surface area contributed by atoms with E-state index in [2.05, 4.69) is 10.2 Å². The molecule has 11 nitrogen and oxygen atoms in total. The number of nitrogens with zero attached hydrogens (tertiary/aromatic N) is 6. The first kappa shape index (κ1) is 33.9. The number of amides is 1. The third-order valence-electron chi connectivity index (χ3n) is 6.67. The van der Waals surface area contributed by atoms with Gasteiger partial charge < -0.3 is 9.84 Å². The summed E-state index contributed by atoms with van der Waals surface area (Å²) in [6.45, 7) is -0.792. The van der Waals surface area contributed by atoms with Crippen molar-refractivity contribution < 1.29 is 59.4 Å². The minimum absolute atomic E-state index is 0.0534. The zero-order chi connectivity index (χ0) is 34.4. The number of hydrogen-bond donors (Lipinski definition) is 1. The zero-order valence-corrected chi connectivity index (χ0v) is 23.6. The molecule has 0 atom stereocenters. The number of halogens is 9. The highest BCUT2D eigenvalue weighted by Gasteiger charge is 2.64. The van der Waals surface area contributed by atoms with Gasteiger partial charge in [0, 0.05) is 31.0 Å². The molecule has 4 rings (SSSR count). The number of alkyl halides is 8. The van der Waals surface area contributed by atoms with E-state index in [4.69, 9.17) is 21.4 Å². The van der Waals surface area contributed by atoms with E-state index in [1.54, 1.807) is 0 Å². The molecule has 1 saturated carbocycles. The Labute approximate surface area is 256 Å². The predicted octanol–water partition coefficient (Wildman–Crippen LogP) is 5.24. The molecule has 1 aliphatic carbocycles. The number of carboxylic acid groups (broad SMARTS) is 1. The lowest BCUT2D eigenvalue weighted by atomic mass is 10.0. The molecule has 0 radical (unpaired) electrons. The smallest absolute Gasteiger partial charge is 0.459 e. The summed E-state index contributed by atoms with van der Waals surface area (Å²) in [6, 6.07) is 5.55. The topological polar surface area (TPSA) is 143 Å². The number of aliphatic carboxylic acids is 1. The van der Waals surface area contributed by atoms with E-state index in [1.807, 2.05) is 6.07 Å². The highest BCUT2D eigenvalue weighted by atomic mass is 35.5. The third kappa shape index (κ3) is 6.38. The van der Waals surface area contributed by atoms with Crippen LogP contribution in [0.2, 0.25) is 5.02 Å². The number of rotatable bonds is 9. The molecule has 1 amide bonds. The molecule has 1 fully saturated rings. The summed E-state index contributed by atoms with van der Waals surface area (Å²) in [7, 11) is 0.711.